The number of carbonyl (C=O) groups excluding carboxylic acids is 1. The molecule has 0 radical (unpaired) electrons. The van der Waals surface area contributed by atoms with E-state index < -0.39 is 0 Å². The second-order valence-corrected chi connectivity index (χ2v) is 10.1. The Balaban J connectivity index is 1.64. The zero-order valence-corrected chi connectivity index (χ0v) is 20.9. The number of methoxy groups -OCH3 is 1. The van der Waals surface area contributed by atoms with Gasteiger partial charge in [-0.25, -0.2) is 9.78 Å². The molecule has 0 fully saturated rings. The third-order valence-electron chi connectivity index (χ3n) is 5.66. The van der Waals surface area contributed by atoms with E-state index in [0.29, 0.717) is 21.9 Å². The molecule has 0 bridgehead atoms. The van der Waals surface area contributed by atoms with E-state index in [1.807, 2.05) is 85.8 Å². The van der Waals surface area contributed by atoms with Crippen LogP contribution in [0, 0.1) is 6.92 Å². The minimum absolute atomic E-state index is 0.0878. The lowest BCUT2D eigenvalue weighted by Crippen LogP contribution is -2.21. The van der Waals surface area contributed by atoms with Gasteiger partial charge in [0, 0.05) is 16.2 Å². The lowest BCUT2D eigenvalue weighted by Gasteiger charge is -2.13. The zero-order valence-electron chi connectivity index (χ0n) is 19.2. The van der Waals surface area contributed by atoms with Gasteiger partial charge in [0.2, 0.25) is 0 Å². The van der Waals surface area contributed by atoms with Crippen molar-refractivity contribution in [2.24, 2.45) is 0 Å². The van der Waals surface area contributed by atoms with Crippen molar-refractivity contribution in [2.75, 3.05) is 7.11 Å². The molecule has 5 rings (SSSR count). The summed E-state index contributed by atoms with van der Waals surface area (Å²) in [6.45, 7) is 2.03. The molecule has 0 spiro atoms. The molecule has 0 aliphatic heterocycles. The second kappa shape index (κ2) is 9.90. The maximum atomic E-state index is 14.0. The van der Waals surface area contributed by atoms with Gasteiger partial charge in [-0.3, -0.25) is 9.36 Å². The topological polar surface area (TPSA) is 61.2 Å². The number of thioether (sulfide) groups is 1. The third-order valence-corrected chi connectivity index (χ3v) is 7.67. The number of esters is 1. The smallest absolute Gasteiger partial charge is 0.337 e. The minimum atomic E-state index is -0.375. The van der Waals surface area contributed by atoms with Crippen LogP contribution in [0.25, 0.3) is 27.0 Å². The first-order valence-electron chi connectivity index (χ1n) is 11.0. The summed E-state index contributed by atoms with van der Waals surface area (Å²) in [5.41, 5.74) is 4.07. The maximum Gasteiger partial charge on any atom is 0.337 e. The second-order valence-electron chi connectivity index (χ2n) is 7.93. The number of ether oxygens (including phenoxy) is 1. The summed E-state index contributed by atoms with van der Waals surface area (Å²) in [5.74, 6) is 0.172. The third kappa shape index (κ3) is 4.52. The molecule has 35 heavy (non-hydrogen) atoms. The Bertz CT molecular complexity index is 1580. The largest absolute Gasteiger partial charge is 0.465 e. The molecule has 0 saturated heterocycles. The monoisotopic (exact) mass is 498 g/mol. The summed E-state index contributed by atoms with van der Waals surface area (Å²) in [6.07, 6.45) is 0. The van der Waals surface area contributed by atoms with Crippen molar-refractivity contribution in [3.63, 3.8) is 0 Å². The molecule has 5 nitrogen and oxygen atoms in total. The Morgan fingerprint density at radius 1 is 1.00 bits per heavy atom. The van der Waals surface area contributed by atoms with Crippen molar-refractivity contribution in [1.82, 2.24) is 9.55 Å². The van der Waals surface area contributed by atoms with Gasteiger partial charge in [0.15, 0.2) is 5.16 Å². The molecule has 0 N–H and O–H groups in total. The highest BCUT2D eigenvalue weighted by molar-refractivity contribution is 7.98. The van der Waals surface area contributed by atoms with E-state index in [4.69, 9.17) is 9.72 Å². The van der Waals surface area contributed by atoms with Gasteiger partial charge in [0.1, 0.15) is 4.83 Å². The number of thiophene rings is 1. The summed E-state index contributed by atoms with van der Waals surface area (Å²) < 4.78 is 6.53. The summed E-state index contributed by atoms with van der Waals surface area (Å²) in [4.78, 5) is 32.7. The molecular formula is C28H22N2O3S2. The van der Waals surface area contributed by atoms with Crippen LogP contribution in [0.4, 0.5) is 0 Å². The molecule has 0 unspecified atom stereocenters. The van der Waals surface area contributed by atoms with Gasteiger partial charge < -0.3 is 4.74 Å². The number of nitrogens with zero attached hydrogens (tertiary/aromatic N) is 2. The van der Waals surface area contributed by atoms with Crippen LogP contribution in [0.5, 0.6) is 0 Å². The van der Waals surface area contributed by atoms with Gasteiger partial charge >= 0.3 is 5.97 Å². The van der Waals surface area contributed by atoms with Crippen molar-refractivity contribution in [2.45, 2.75) is 17.8 Å². The number of fused-ring (bicyclic) bond motifs is 1. The lowest BCUT2D eigenvalue weighted by molar-refractivity contribution is 0.0600. The molecule has 0 aliphatic carbocycles. The van der Waals surface area contributed by atoms with Crippen LogP contribution in [-0.2, 0) is 10.5 Å². The molecule has 174 valence electrons. The van der Waals surface area contributed by atoms with Crippen LogP contribution in [0.2, 0.25) is 0 Å². The predicted molar refractivity (Wildman–Crippen MR) is 143 cm³/mol. The van der Waals surface area contributed by atoms with Crippen LogP contribution < -0.4 is 5.56 Å². The van der Waals surface area contributed by atoms with Gasteiger partial charge in [-0.2, -0.15) is 0 Å². The number of hydrogen-bond acceptors (Lipinski definition) is 6. The van der Waals surface area contributed by atoms with Crippen LogP contribution in [-0.4, -0.2) is 22.6 Å². The molecule has 5 aromatic rings. The number of hydrogen-bond donors (Lipinski definition) is 0. The highest BCUT2D eigenvalue weighted by Gasteiger charge is 2.21. The average molecular weight is 499 g/mol. The molecule has 3 aromatic carbocycles. The average Bonchev–Trinajstić information content (AvgIpc) is 3.24. The fraction of sp³-hybridized carbons (Fsp3) is 0.107. The number of carbonyl (C=O) groups is 1. The van der Waals surface area contributed by atoms with Crippen molar-refractivity contribution in [1.29, 1.82) is 0 Å². The van der Waals surface area contributed by atoms with Gasteiger partial charge in [-0.15, -0.1) is 11.3 Å². The van der Waals surface area contributed by atoms with Crippen LogP contribution in [0.15, 0.2) is 94.9 Å². The number of benzene rings is 3. The molecule has 2 heterocycles. The van der Waals surface area contributed by atoms with Crippen molar-refractivity contribution in [3.8, 4) is 16.8 Å². The molecule has 0 saturated carbocycles. The SMILES string of the molecule is COC(=O)c1cccc(CSc2nc3sc(C)c(-c4ccccc4)c3c(=O)n2-c2ccccc2)c1. The van der Waals surface area contributed by atoms with E-state index in [-0.39, 0.29) is 11.5 Å². The molecule has 2 aromatic heterocycles. The Morgan fingerprint density at radius 3 is 2.43 bits per heavy atom. The van der Waals surface area contributed by atoms with E-state index in [2.05, 4.69) is 0 Å². The molecule has 0 atom stereocenters. The van der Waals surface area contributed by atoms with Gasteiger partial charge in [0.05, 0.1) is 23.7 Å². The van der Waals surface area contributed by atoms with Gasteiger partial charge in [-0.05, 0) is 42.3 Å². The first kappa shape index (κ1) is 23.1. The van der Waals surface area contributed by atoms with Gasteiger partial charge in [0.25, 0.3) is 5.56 Å². The lowest BCUT2D eigenvalue weighted by atomic mass is 10.0. The van der Waals surface area contributed by atoms with Crippen LogP contribution in [0.3, 0.4) is 0 Å². The summed E-state index contributed by atoms with van der Waals surface area (Å²) in [5, 5.41) is 1.25. The highest BCUT2D eigenvalue weighted by Crippen LogP contribution is 2.37. The molecule has 0 amide bonds. The zero-order chi connectivity index (χ0) is 24.4. The summed E-state index contributed by atoms with van der Waals surface area (Å²) in [6, 6.07) is 26.9. The fourth-order valence-corrected chi connectivity index (χ4v) is 6.09. The van der Waals surface area contributed by atoms with E-state index in [9.17, 15) is 9.59 Å². The summed E-state index contributed by atoms with van der Waals surface area (Å²) in [7, 11) is 1.37. The number of aromatic nitrogens is 2. The van der Waals surface area contributed by atoms with Crippen molar-refractivity contribution < 1.29 is 9.53 Å². The molecule has 0 aliphatic rings. The van der Waals surface area contributed by atoms with E-state index >= 15 is 0 Å². The fourth-order valence-electron chi connectivity index (χ4n) is 4.05. The molecule has 7 heteroatoms. The van der Waals surface area contributed by atoms with E-state index in [1.165, 1.54) is 30.2 Å². The number of para-hydroxylation sites is 1. The number of aryl methyl sites for hydroxylation is 1. The minimum Gasteiger partial charge on any atom is -0.465 e. The van der Waals surface area contributed by atoms with E-state index in [0.717, 1.165) is 32.1 Å². The standard InChI is InChI=1S/C28H22N2O3S2/c1-18-23(20-11-5-3-6-12-20)24-25(35-18)29-28(30(26(24)31)22-14-7-4-8-15-22)34-17-19-10-9-13-21(16-19)27(32)33-2/h3-16H,17H2,1-2H3. The van der Waals surface area contributed by atoms with E-state index in [1.54, 1.807) is 10.6 Å². The first-order valence-corrected chi connectivity index (χ1v) is 12.8. The highest BCUT2D eigenvalue weighted by atomic mass is 32.2. The van der Waals surface area contributed by atoms with Crippen LogP contribution >= 0.6 is 23.1 Å². The van der Waals surface area contributed by atoms with Crippen molar-refractivity contribution >= 4 is 39.3 Å². The normalized spacial score (nSPS) is 11.0. The van der Waals surface area contributed by atoms with Crippen molar-refractivity contribution in [3.05, 3.63) is 111 Å². The Labute approximate surface area is 211 Å². The number of rotatable bonds is 6. The predicted octanol–water partition coefficient (Wildman–Crippen LogP) is 6.50. The first-order chi connectivity index (χ1) is 17.1. The quantitative estimate of drug-likeness (QED) is 0.152. The Kier molecular flexibility index (Phi) is 6.53. The van der Waals surface area contributed by atoms with Crippen LogP contribution in [0.1, 0.15) is 20.8 Å². The summed E-state index contributed by atoms with van der Waals surface area (Å²) >= 11 is 3.01. The Morgan fingerprint density at radius 2 is 1.71 bits per heavy atom. The Hall–Kier alpha value is -3.68. The molecular weight excluding hydrogens is 476 g/mol. The van der Waals surface area contributed by atoms with Gasteiger partial charge in [-0.1, -0.05) is 72.4 Å². The maximum absolute atomic E-state index is 14.0.